The van der Waals surface area contributed by atoms with Gasteiger partial charge in [-0.2, -0.15) is 0 Å². The van der Waals surface area contributed by atoms with Crippen molar-refractivity contribution in [2.75, 3.05) is 24.5 Å². The van der Waals surface area contributed by atoms with E-state index in [-0.39, 0.29) is 11.9 Å². The van der Waals surface area contributed by atoms with E-state index in [1.165, 1.54) is 5.56 Å². The molecular weight excluding hydrogens is 308 g/mol. The molecule has 3 heteroatoms. The minimum atomic E-state index is 0.140. The molecule has 3 rings (SSSR count). The Morgan fingerprint density at radius 2 is 1.72 bits per heavy atom. The molecule has 0 aliphatic carbocycles. The summed E-state index contributed by atoms with van der Waals surface area (Å²) in [5.74, 6) is 0.606. The second-order valence-electron chi connectivity index (χ2n) is 7.09. The monoisotopic (exact) mass is 336 g/mol. The Morgan fingerprint density at radius 1 is 1.08 bits per heavy atom. The van der Waals surface area contributed by atoms with Gasteiger partial charge in [0.25, 0.3) is 0 Å². The van der Waals surface area contributed by atoms with Gasteiger partial charge in [0.05, 0.1) is 0 Å². The van der Waals surface area contributed by atoms with E-state index in [4.69, 9.17) is 0 Å². The summed E-state index contributed by atoms with van der Waals surface area (Å²) in [6.45, 7) is 7.15. The minimum Gasteiger partial charge on any atom is -0.309 e. The Morgan fingerprint density at radius 3 is 2.32 bits per heavy atom. The highest BCUT2D eigenvalue weighted by Gasteiger charge is 2.32. The third kappa shape index (κ3) is 4.49. The second kappa shape index (κ2) is 8.30. The predicted molar refractivity (Wildman–Crippen MR) is 104 cm³/mol. The maximum atomic E-state index is 12.3. The second-order valence-corrected chi connectivity index (χ2v) is 7.09. The van der Waals surface area contributed by atoms with Gasteiger partial charge in [-0.15, -0.1) is 0 Å². The fraction of sp³-hybridized carbons (Fsp3) is 0.409. The van der Waals surface area contributed by atoms with Crippen molar-refractivity contribution in [2.24, 2.45) is 5.92 Å². The number of hydrogen-bond acceptors (Lipinski definition) is 2. The number of nitrogens with zero attached hydrogens (tertiary/aromatic N) is 2. The number of carbonyl (C=O) groups is 1. The summed E-state index contributed by atoms with van der Waals surface area (Å²) in [5.41, 5.74) is 2.41. The van der Waals surface area contributed by atoms with Crippen LogP contribution < -0.4 is 4.90 Å². The van der Waals surface area contributed by atoms with E-state index in [0.717, 1.165) is 38.2 Å². The average molecular weight is 336 g/mol. The van der Waals surface area contributed by atoms with Crippen LogP contribution in [0.2, 0.25) is 0 Å². The summed E-state index contributed by atoms with van der Waals surface area (Å²) >= 11 is 0. The van der Waals surface area contributed by atoms with Crippen molar-refractivity contribution in [1.82, 2.24) is 4.90 Å². The fourth-order valence-corrected chi connectivity index (χ4v) is 3.93. The van der Waals surface area contributed by atoms with Gasteiger partial charge in [-0.25, -0.2) is 0 Å². The van der Waals surface area contributed by atoms with Gasteiger partial charge in [0, 0.05) is 38.3 Å². The van der Waals surface area contributed by atoms with E-state index >= 15 is 0 Å². The minimum absolute atomic E-state index is 0.140. The molecule has 1 amide bonds. The van der Waals surface area contributed by atoms with Gasteiger partial charge in [0.1, 0.15) is 0 Å². The third-order valence-corrected chi connectivity index (χ3v) is 5.21. The summed E-state index contributed by atoms with van der Waals surface area (Å²) in [4.78, 5) is 16.8. The average Bonchev–Trinajstić information content (AvgIpc) is 2.63. The number of benzene rings is 2. The number of piperidine rings is 1. The molecule has 1 fully saturated rings. The number of anilines is 1. The standard InChI is InChI=1S/C22H28N2O/c1-18-17-23(15-13-20-9-5-3-6-10-20)16-14-22(18)24(19(2)25)21-11-7-4-8-12-21/h3-12,18,22H,13-17H2,1-2H3. The maximum Gasteiger partial charge on any atom is 0.224 e. The molecule has 0 saturated carbocycles. The van der Waals surface area contributed by atoms with Gasteiger partial charge in [0.15, 0.2) is 0 Å². The van der Waals surface area contributed by atoms with Gasteiger partial charge in [-0.3, -0.25) is 4.79 Å². The van der Waals surface area contributed by atoms with E-state index < -0.39 is 0 Å². The lowest BCUT2D eigenvalue weighted by Gasteiger charge is -2.42. The van der Waals surface area contributed by atoms with E-state index in [2.05, 4.69) is 42.2 Å². The smallest absolute Gasteiger partial charge is 0.224 e. The van der Waals surface area contributed by atoms with Crippen LogP contribution in [0, 0.1) is 5.92 Å². The van der Waals surface area contributed by atoms with Crippen LogP contribution in [0.5, 0.6) is 0 Å². The van der Waals surface area contributed by atoms with Crippen LogP contribution in [0.15, 0.2) is 60.7 Å². The summed E-state index contributed by atoms with van der Waals surface area (Å²) < 4.78 is 0. The molecule has 132 valence electrons. The highest BCUT2D eigenvalue weighted by atomic mass is 16.2. The number of rotatable bonds is 5. The van der Waals surface area contributed by atoms with Gasteiger partial charge in [0.2, 0.25) is 5.91 Å². The lowest BCUT2D eigenvalue weighted by Crippen LogP contribution is -2.52. The number of hydrogen-bond donors (Lipinski definition) is 0. The molecule has 0 bridgehead atoms. The molecule has 0 radical (unpaired) electrons. The number of para-hydroxylation sites is 1. The van der Waals surface area contributed by atoms with Crippen LogP contribution in [-0.2, 0) is 11.2 Å². The third-order valence-electron chi connectivity index (χ3n) is 5.21. The zero-order valence-corrected chi connectivity index (χ0v) is 15.3. The molecule has 2 atom stereocenters. The summed E-state index contributed by atoms with van der Waals surface area (Å²) in [5, 5.41) is 0. The Hall–Kier alpha value is -2.13. The van der Waals surface area contributed by atoms with Crippen molar-refractivity contribution in [2.45, 2.75) is 32.7 Å². The predicted octanol–water partition coefficient (Wildman–Crippen LogP) is 3.99. The SMILES string of the molecule is CC(=O)N(c1ccccc1)C1CCN(CCc2ccccc2)CC1C. The molecule has 1 aliphatic heterocycles. The van der Waals surface area contributed by atoms with Crippen LogP contribution in [0.3, 0.4) is 0 Å². The van der Waals surface area contributed by atoms with Crippen LogP contribution >= 0.6 is 0 Å². The van der Waals surface area contributed by atoms with Crippen molar-refractivity contribution in [3.63, 3.8) is 0 Å². The maximum absolute atomic E-state index is 12.3. The molecule has 25 heavy (non-hydrogen) atoms. The summed E-state index contributed by atoms with van der Waals surface area (Å²) in [6, 6.07) is 21.0. The highest BCUT2D eigenvalue weighted by molar-refractivity contribution is 5.92. The number of amides is 1. The topological polar surface area (TPSA) is 23.6 Å². The van der Waals surface area contributed by atoms with E-state index in [9.17, 15) is 4.79 Å². The highest BCUT2D eigenvalue weighted by Crippen LogP contribution is 2.27. The van der Waals surface area contributed by atoms with E-state index in [1.807, 2.05) is 35.2 Å². The van der Waals surface area contributed by atoms with Crippen LogP contribution in [0.1, 0.15) is 25.8 Å². The Kier molecular flexibility index (Phi) is 5.87. The first kappa shape index (κ1) is 17.7. The fourth-order valence-electron chi connectivity index (χ4n) is 3.93. The first-order valence-electron chi connectivity index (χ1n) is 9.26. The lowest BCUT2D eigenvalue weighted by atomic mass is 9.91. The zero-order valence-electron chi connectivity index (χ0n) is 15.3. The van der Waals surface area contributed by atoms with Crippen molar-refractivity contribution in [3.05, 3.63) is 66.2 Å². The first-order valence-corrected chi connectivity index (χ1v) is 9.26. The molecule has 1 aliphatic rings. The first-order chi connectivity index (χ1) is 12.1. The Bertz CT molecular complexity index is 671. The van der Waals surface area contributed by atoms with E-state index in [0.29, 0.717) is 5.92 Å². The summed E-state index contributed by atoms with van der Waals surface area (Å²) in [7, 11) is 0. The van der Waals surface area contributed by atoms with Crippen molar-refractivity contribution < 1.29 is 4.79 Å². The van der Waals surface area contributed by atoms with Crippen molar-refractivity contribution in [1.29, 1.82) is 0 Å². The molecule has 3 nitrogen and oxygen atoms in total. The molecule has 1 saturated heterocycles. The molecule has 2 aromatic rings. The van der Waals surface area contributed by atoms with Crippen LogP contribution in [0.4, 0.5) is 5.69 Å². The molecule has 0 spiro atoms. The molecule has 0 N–H and O–H groups in total. The molecule has 0 aromatic heterocycles. The lowest BCUT2D eigenvalue weighted by molar-refractivity contribution is -0.117. The largest absolute Gasteiger partial charge is 0.309 e. The van der Waals surface area contributed by atoms with Gasteiger partial charge < -0.3 is 9.80 Å². The molecule has 1 heterocycles. The summed E-state index contributed by atoms with van der Waals surface area (Å²) in [6.07, 6.45) is 2.12. The van der Waals surface area contributed by atoms with Crippen LogP contribution in [-0.4, -0.2) is 36.5 Å². The Balaban J connectivity index is 1.61. The number of likely N-dealkylation sites (tertiary alicyclic amines) is 1. The molecule has 2 unspecified atom stereocenters. The van der Waals surface area contributed by atoms with Crippen molar-refractivity contribution >= 4 is 11.6 Å². The van der Waals surface area contributed by atoms with E-state index in [1.54, 1.807) is 6.92 Å². The van der Waals surface area contributed by atoms with Gasteiger partial charge in [-0.1, -0.05) is 55.5 Å². The van der Waals surface area contributed by atoms with Crippen LogP contribution in [0.25, 0.3) is 0 Å². The Labute approximate surface area is 151 Å². The zero-order chi connectivity index (χ0) is 17.6. The van der Waals surface area contributed by atoms with Gasteiger partial charge in [-0.05, 0) is 36.5 Å². The van der Waals surface area contributed by atoms with Gasteiger partial charge >= 0.3 is 0 Å². The van der Waals surface area contributed by atoms with Crippen molar-refractivity contribution in [3.8, 4) is 0 Å². The molecular formula is C22H28N2O. The quantitative estimate of drug-likeness (QED) is 0.824. The number of carbonyl (C=O) groups excluding carboxylic acids is 1. The normalized spacial score (nSPS) is 21.0. The molecule has 2 aromatic carbocycles.